The number of aliphatic imine (C=N–C) groups is 2. The van der Waals surface area contributed by atoms with Crippen LogP contribution in [0.1, 0.15) is 32.3 Å². The Bertz CT molecular complexity index is 636. The number of para-hydroxylation sites is 1. The second kappa shape index (κ2) is 9.49. The van der Waals surface area contributed by atoms with Gasteiger partial charge in [0.2, 0.25) is 0 Å². The van der Waals surface area contributed by atoms with Crippen molar-refractivity contribution in [1.82, 2.24) is 5.32 Å². The van der Waals surface area contributed by atoms with Crippen LogP contribution in [0.5, 0.6) is 0 Å². The Balaban J connectivity index is 2.21. The summed E-state index contributed by atoms with van der Waals surface area (Å²) in [6.07, 6.45) is 4.72. The molecule has 2 rings (SSSR count). The molecule has 0 saturated heterocycles. The topological polar surface area (TPSA) is 58.0 Å². The summed E-state index contributed by atoms with van der Waals surface area (Å²) in [4.78, 5) is 9.00. The lowest BCUT2D eigenvalue weighted by Gasteiger charge is -2.14. The van der Waals surface area contributed by atoms with E-state index in [2.05, 4.69) is 33.0 Å². The van der Waals surface area contributed by atoms with Crippen LogP contribution in [-0.2, 0) is 4.18 Å². The minimum atomic E-state index is 0.725. The van der Waals surface area contributed by atoms with Gasteiger partial charge in [-0.05, 0) is 50.8 Å². The number of hydrogen-bond acceptors (Lipinski definition) is 5. The molecule has 24 heavy (non-hydrogen) atoms. The highest BCUT2D eigenvalue weighted by Crippen LogP contribution is 2.35. The number of anilines is 1. The molecule has 1 aromatic rings. The fourth-order valence-electron chi connectivity index (χ4n) is 2.39. The van der Waals surface area contributed by atoms with E-state index in [1.165, 1.54) is 30.6 Å². The SMILES string of the molecule is CCN=C(/C=C(\C)C1CC1)NC(=NC)c1ccccc1NSOC. The zero-order chi connectivity index (χ0) is 17.4. The van der Waals surface area contributed by atoms with Gasteiger partial charge in [0, 0.05) is 19.2 Å². The zero-order valence-electron chi connectivity index (χ0n) is 14.8. The molecule has 1 aromatic carbocycles. The third-order valence-corrected chi connectivity index (χ3v) is 4.27. The van der Waals surface area contributed by atoms with E-state index in [1.807, 2.05) is 31.2 Å². The van der Waals surface area contributed by atoms with Gasteiger partial charge < -0.3 is 14.2 Å². The van der Waals surface area contributed by atoms with Crippen LogP contribution in [0.3, 0.4) is 0 Å². The summed E-state index contributed by atoms with van der Waals surface area (Å²) >= 11 is 1.18. The van der Waals surface area contributed by atoms with E-state index in [1.54, 1.807) is 14.2 Å². The van der Waals surface area contributed by atoms with Crippen molar-refractivity contribution in [3.05, 3.63) is 41.5 Å². The smallest absolute Gasteiger partial charge is 0.135 e. The molecule has 130 valence electrons. The van der Waals surface area contributed by atoms with Gasteiger partial charge in [0.05, 0.1) is 12.8 Å². The van der Waals surface area contributed by atoms with Crippen LogP contribution < -0.4 is 10.0 Å². The Morgan fingerprint density at radius 2 is 2.12 bits per heavy atom. The normalized spacial score (nSPS) is 16.2. The lowest BCUT2D eigenvalue weighted by Crippen LogP contribution is -2.31. The van der Waals surface area contributed by atoms with Crippen LogP contribution in [0.4, 0.5) is 5.69 Å². The third-order valence-electron chi connectivity index (χ3n) is 3.80. The molecule has 6 heteroatoms. The molecule has 1 fully saturated rings. The lowest BCUT2D eigenvalue weighted by molar-refractivity contribution is 0.492. The average molecular weight is 347 g/mol. The van der Waals surface area contributed by atoms with Gasteiger partial charge in [0.25, 0.3) is 0 Å². The molecule has 0 radical (unpaired) electrons. The predicted molar refractivity (Wildman–Crippen MR) is 105 cm³/mol. The minimum Gasteiger partial charge on any atom is -0.325 e. The van der Waals surface area contributed by atoms with Crippen molar-refractivity contribution < 1.29 is 4.18 Å². The number of nitrogens with zero attached hydrogens (tertiary/aromatic N) is 2. The highest BCUT2D eigenvalue weighted by molar-refractivity contribution is 7.96. The van der Waals surface area contributed by atoms with Gasteiger partial charge in [-0.25, -0.2) is 0 Å². The van der Waals surface area contributed by atoms with Gasteiger partial charge in [0.1, 0.15) is 23.9 Å². The fourth-order valence-corrected chi connectivity index (χ4v) is 2.75. The van der Waals surface area contributed by atoms with Crippen LogP contribution in [0, 0.1) is 5.92 Å². The summed E-state index contributed by atoms with van der Waals surface area (Å²) < 4.78 is 8.20. The third kappa shape index (κ3) is 5.39. The summed E-state index contributed by atoms with van der Waals surface area (Å²) in [5.41, 5.74) is 3.30. The van der Waals surface area contributed by atoms with Crippen molar-refractivity contribution in [3.8, 4) is 0 Å². The first-order valence-corrected chi connectivity index (χ1v) is 8.95. The Hall–Kier alpha value is -1.79. The number of rotatable bonds is 7. The first-order chi connectivity index (χ1) is 11.7. The molecule has 1 aliphatic carbocycles. The van der Waals surface area contributed by atoms with E-state index in [0.29, 0.717) is 0 Å². The molecule has 2 N–H and O–H groups in total. The molecular formula is C18H26N4OS. The van der Waals surface area contributed by atoms with Crippen LogP contribution in [0.2, 0.25) is 0 Å². The summed E-state index contributed by atoms with van der Waals surface area (Å²) in [5, 5.41) is 3.38. The molecule has 1 saturated carbocycles. The summed E-state index contributed by atoms with van der Waals surface area (Å²) in [7, 11) is 3.41. The quantitative estimate of drug-likeness (QED) is 0.338. The first kappa shape index (κ1) is 18.5. The molecular weight excluding hydrogens is 320 g/mol. The molecule has 0 spiro atoms. The number of allylic oxidation sites excluding steroid dienone is 1. The van der Waals surface area contributed by atoms with Crippen molar-refractivity contribution in [1.29, 1.82) is 0 Å². The number of nitrogens with one attached hydrogen (secondary N) is 2. The Morgan fingerprint density at radius 3 is 2.75 bits per heavy atom. The van der Waals surface area contributed by atoms with Crippen LogP contribution in [0.15, 0.2) is 45.9 Å². The Labute approximate surface area is 149 Å². The second-order valence-electron chi connectivity index (χ2n) is 5.62. The van der Waals surface area contributed by atoms with E-state index in [0.717, 1.165) is 35.4 Å². The average Bonchev–Trinajstić information content (AvgIpc) is 3.43. The summed E-state index contributed by atoms with van der Waals surface area (Å²) in [6, 6.07) is 7.99. The minimum absolute atomic E-state index is 0.725. The van der Waals surface area contributed by atoms with Crippen LogP contribution >= 0.6 is 12.2 Å². The summed E-state index contributed by atoms with van der Waals surface area (Å²) in [6.45, 7) is 4.95. The molecule has 5 nitrogen and oxygen atoms in total. The molecule has 0 bridgehead atoms. The number of benzene rings is 1. The fraction of sp³-hybridized carbons (Fsp3) is 0.444. The highest BCUT2D eigenvalue weighted by Gasteiger charge is 2.23. The monoisotopic (exact) mass is 346 g/mol. The lowest BCUT2D eigenvalue weighted by atomic mass is 10.1. The maximum Gasteiger partial charge on any atom is 0.135 e. The van der Waals surface area contributed by atoms with E-state index in [-0.39, 0.29) is 0 Å². The van der Waals surface area contributed by atoms with E-state index in [9.17, 15) is 0 Å². The van der Waals surface area contributed by atoms with Gasteiger partial charge in [-0.3, -0.25) is 9.98 Å². The van der Waals surface area contributed by atoms with E-state index >= 15 is 0 Å². The first-order valence-electron chi connectivity index (χ1n) is 8.21. The maximum atomic E-state index is 5.03. The Kier molecular flexibility index (Phi) is 7.34. The number of amidine groups is 2. The standard InChI is InChI=1S/C18H26N4OS/c1-5-20-17(12-13(2)14-10-11-14)21-18(19-3)15-8-6-7-9-16(15)22-24-23-4/h6-9,12,14,22H,5,10-11H2,1-4H3,(H,19,20,21)/b13-12+. The molecule has 0 aromatic heterocycles. The van der Waals surface area contributed by atoms with Crippen molar-refractivity contribution in [2.45, 2.75) is 26.7 Å². The van der Waals surface area contributed by atoms with E-state index < -0.39 is 0 Å². The molecule has 0 amide bonds. The van der Waals surface area contributed by atoms with Gasteiger partial charge in [-0.15, -0.1) is 0 Å². The highest BCUT2D eigenvalue weighted by atomic mass is 32.2. The van der Waals surface area contributed by atoms with E-state index in [4.69, 9.17) is 4.18 Å². The van der Waals surface area contributed by atoms with Crippen molar-refractivity contribution in [2.75, 3.05) is 25.4 Å². The van der Waals surface area contributed by atoms with Crippen molar-refractivity contribution in [3.63, 3.8) is 0 Å². The molecule has 1 aliphatic rings. The Morgan fingerprint density at radius 1 is 1.38 bits per heavy atom. The van der Waals surface area contributed by atoms with Gasteiger partial charge >= 0.3 is 0 Å². The van der Waals surface area contributed by atoms with Gasteiger partial charge in [-0.2, -0.15) is 0 Å². The second-order valence-corrected chi connectivity index (χ2v) is 6.32. The molecule has 0 unspecified atom stereocenters. The molecule has 0 aliphatic heterocycles. The van der Waals surface area contributed by atoms with Crippen LogP contribution in [-0.4, -0.2) is 32.4 Å². The maximum absolute atomic E-state index is 5.03. The van der Waals surface area contributed by atoms with Crippen molar-refractivity contribution >= 4 is 29.6 Å². The largest absolute Gasteiger partial charge is 0.325 e. The molecule has 0 heterocycles. The van der Waals surface area contributed by atoms with Crippen LogP contribution in [0.25, 0.3) is 0 Å². The van der Waals surface area contributed by atoms with Gasteiger partial charge in [-0.1, -0.05) is 17.7 Å². The predicted octanol–water partition coefficient (Wildman–Crippen LogP) is 4.05. The van der Waals surface area contributed by atoms with Gasteiger partial charge in [0.15, 0.2) is 0 Å². The molecule has 0 atom stereocenters. The summed E-state index contributed by atoms with van der Waals surface area (Å²) in [5.74, 6) is 2.36. The number of hydrogen-bond donors (Lipinski definition) is 2. The van der Waals surface area contributed by atoms with Crippen molar-refractivity contribution in [2.24, 2.45) is 15.9 Å². The zero-order valence-corrected chi connectivity index (χ0v) is 15.6.